The quantitative estimate of drug-likeness (QED) is 0.617. The molecule has 4 heteroatoms. The first-order valence-corrected chi connectivity index (χ1v) is 4.28. The van der Waals surface area contributed by atoms with Crippen LogP contribution in [0.1, 0.15) is 20.3 Å². The molecule has 0 bridgehead atoms. The van der Waals surface area contributed by atoms with Crippen LogP contribution >= 0.6 is 0 Å². The first-order valence-electron chi connectivity index (χ1n) is 4.28. The van der Waals surface area contributed by atoms with Crippen LogP contribution in [0.15, 0.2) is 0 Å². The molecule has 1 heterocycles. The summed E-state index contributed by atoms with van der Waals surface area (Å²) < 4.78 is 4.85. The monoisotopic (exact) mass is 173 g/mol. The molecule has 1 saturated heterocycles. The van der Waals surface area contributed by atoms with E-state index in [1.165, 1.54) is 0 Å². The third kappa shape index (κ3) is 2.46. The molecular weight excluding hydrogens is 158 g/mol. The predicted molar refractivity (Wildman–Crippen MR) is 43.3 cm³/mol. The molecule has 4 nitrogen and oxygen atoms in total. The fourth-order valence-electron chi connectivity index (χ4n) is 1.20. The number of hydrogen-bond acceptors (Lipinski definition) is 4. The average molecular weight is 173 g/mol. The van der Waals surface area contributed by atoms with Gasteiger partial charge in [0.05, 0.1) is 13.2 Å². The minimum atomic E-state index is -0.284. The third-order valence-electron chi connectivity index (χ3n) is 1.80. The maximum absolute atomic E-state index is 11.2. The molecule has 0 amide bonds. The summed E-state index contributed by atoms with van der Waals surface area (Å²) in [6, 6.07) is -0.284. The van der Waals surface area contributed by atoms with Gasteiger partial charge in [-0.3, -0.25) is 4.79 Å². The molecule has 2 atom stereocenters. The maximum atomic E-state index is 11.2. The molecule has 70 valence electrons. The fraction of sp³-hybridized carbons (Fsp3) is 0.875. The Hall–Kier alpha value is -0.610. The number of hydroxylamine groups is 1. The fourth-order valence-corrected chi connectivity index (χ4v) is 1.20. The molecular formula is C8H15NO3. The molecule has 0 spiro atoms. The molecule has 1 fully saturated rings. The second-order valence-corrected chi connectivity index (χ2v) is 3.07. The molecule has 0 radical (unpaired) electrons. The van der Waals surface area contributed by atoms with Crippen LogP contribution in [0.5, 0.6) is 0 Å². The summed E-state index contributed by atoms with van der Waals surface area (Å²) in [5.41, 5.74) is 2.66. The molecule has 1 aliphatic rings. The van der Waals surface area contributed by atoms with Crippen molar-refractivity contribution in [2.45, 2.75) is 26.3 Å². The molecule has 1 rings (SSSR count). The van der Waals surface area contributed by atoms with Gasteiger partial charge in [-0.2, -0.15) is 5.48 Å². The number of carbonyl (C=O) groups is 1. The Morgan fingerprint density at radius 2 is 2.50 bits per heavy atom. The summed E-state index contributed by atoms with van der Waals surface area (Å²) in [6.45, 7) is 4.93. The standard InChI is InChI=1S/C8H15NO3/c1-3-11-8(10)7-4-6(2)5-12-9-7/h6-7,9H,3-5H2,1-2H3/t6-,7-/m0/s1. The van der Waals surface area contributed by atoms with Gasteiger partial charge in [-0.25, -0.2) is 0 Å². The van der Waals surface area contributed by atoms with Crippen molar-refractivity contribution in [3.05, 3.63) is 0 Å². The van der Waals surface area contributed by atoms with Gasteiger partial charge in [-0.1, -0.05) is 6.92 Å². The van der Waals surface area contributed by atoms with E-state index in [1.54, 1.807) is 6.92 Å². The van der Waals surface area contributed by atoms with E-state index in [1.807, 2.05) is 6.92 Å². The highest BCUT2D eigenvalue weighted by molar-refractivity contribution is 5.75. The van der Waals surface area contributed by atoms with Crippen molar-refractivity contribution in [3.8, 4) is 0 Å². The van der Waals surface area contributed by atoms with Crippen LogP contribution in [-0.4, -0.2) is 25.2 Å². The van der Waals surface area contributed by atoms with Gasteiger partial charge in [0.1, 0.15) is 6.04 Å². The van der Waals surface area contributed by atoms with Crippen LogP contribution in [0.25, 0.3) is 0 Å². The number of hydrogen-bond donors (Lipinski definition) is 1. The minimum absolute atomic E-state index is 0.218. The topological polar surface area (TPSA) is 47.6 Å². The number of nitrogens with one attached hydrogen (secondary N) is 1. The lowest BCUT2D eigenvalue weighted by Crippen LogP contribution is -2.44. The third-order valence-corrected chi connectivity index (χ3v) is 1.80. The lowest BCUT2D eigenvalue weighted by Gasteiger charge is -2.25. The van der Waals surface area contributed by atoms with Crippen LogP contribution in [0.3, 0.4) is 0 Å². The van der Waals surface area contributed by atoms with Crippen molar-refractivity contribution >= 4 is 5.97 Å². The minimum Gasteiger partial charge on any atom is -0.465 e. The van der Waals surface area contributed by atoms with Crippen molar-refractivity contribution in [1.29, 1.82) is 0 Å². The molecule has 0 unspecified atom stereocenters. The van der Waals surface area contributed by atoms with E-state index in [9.17, 15) is 4.79 Å². The number of esters is 1. The Morgan fingerprint density at radius 1 is 1.75 bits per heavy atom. The van der Waals surface area contributed by atoms with Crippen molar-refractivity contribution in [2.75, 3.05) is 13.2 Å². The Morgan fingerprint density at radius 3 is 3.08 bits per heavy atom. The van der Waals surface area contributed by atoms with Gasteiger partial charge in [0.25, 0.3) is 0 Å². The highest BCUT2D eigenvalue weighted by atomic mass is 16.7. The van der Waals surface area contributed by atoms with E-state index >= 15 is 0 Å². The largest absolute Gasteiger partial charge is 0.465 e. The summed E-state index contributed by atoms with van der Waals surface area (Å²) in [5, 5.41) is 0. The first kappa shape index (κ1) is 9.48. The highest BCUT2D eigenvalue weighted by Gasteiger charge is 2.26. The van der Waals surface area contributed by atoms with Crippen LogP contribution in [0.4, 0.5) is 0 Å². The van der Waals surface area contributed by atoms with Crippen LogP contribution in [0.2, 0.25) is 0 Å². The predicted octanol–water partition coefficient (Wildman–Crippen LogP) is 0.479. The van der Waals surface area contributed by atoms with E-state index < -0.39 is 0 Å². The lowest BCUT2D eigenvalue weighted by atomic mass is 10.0. The summed E-state index contributed by atoms with van der Waals surface area (Å²) in [4.78, 5) is 16.2. The molecule has 0 aromatic heterocycles. The SMILES string of the molecule is CCOC(=O)[C@@H]1C[C@H](C)CON1. The normalized spacial score (nSPS) is 29.8. The van der Waals surface area contributed by atoms with E-state index in [4.69, 9.17) is 9.57 Å². The number of carbonyl (C=O) groups excluding carboxylic acids is 1. The summed E-state index contributed by atoms with van der Waals surface area (Å²) in [7, 11) is 0. The molecule has 12 heavy (non-hydrogen) atoms. The van der Waals surface area contributed by atoms with Crippen LogP contribution < -0.4 is 5.48 Å². The number of rotatable bonds is 2. The molecule has 1 aliphatic heterocycles. The number of ether oxygens (including phenoxy) is 1. The van der Waals surface area contributed by atoms with E-state index in [0.717, 1.165) is 6.42 Å². The van der Waals surface area contributed by atoms with Gasteiger partial charge in [0, 0.05) is 0 Å². The van der Waals surface area contributed by atoms with Gasteiger partial charge < -0.3 is 9.57 Å². The zero-order valence-electron chi connectivity index (χ0n) is 7.50. The van der Waals surface area contributed by atoms with Crippen molar-refractivity contribution in [2.24, 2.45) is 5.92 Å². The van der Waals surface area contributed by atoms with Crippen molar-refractivity contribution in [3.63, 3.8) is 0 Å². The lowest BCUT2D eigenvalue weighted by molar-refractivity contribution is -0.155. The Balaban J connectivity index is 2.35. The first-order chi connectivity index (χ1) is 5.74. The Labute approximate surface area is 72.2 Å². The van der Waals surface area contributed by atoms with Gasteiger partial charge in [0.15, 0.2) is 0 Å². The van der Waals surface area contributed by atoms with Gasteiger partial charge in [-0.15, -0.1) is 0 Å². The molecule has 0 aromatic carbocycles. The zero-order valence-corrected chi connectivity index (χ0v) is 7.50. The molecule has 0 saturated carbocycles. The average Bonchev–Trinajstić information content (AvgIpc) is 2.05. The van der Waals surface area contributed by atoms with Crippen LogP contribution in [0, 0.1) is 5.92 Å². The molecule has 1 N–H and O–H groups in total. The summed E-state index contributed by atoms with van der Waals surface area (Å²) in [6.07, 6.45) is 0.791. The van der Waals surface area contributed by atoms with Gasteiger partial charge in [-0.05, 0) is 19.3 Å². The van der Waals surface area contributed by atoms with E-state index in [0.29, 0.717) is 19.1 Å². The van der Waals surface area contributed by atoms with Gasteiger partial charge in [0.2, 0.25) is 0 Å². The second kappa shape index (κ2) is 4.42. The van der Waals surface area contributed by atoms with Crippen LogP contribution in [-0.2, 0) is 14.4 Å². The van der Waals surface area contributed by atoms with E-state index in [-0.39, 0.29) is 12.0 Å². The summed E-state index contributed by atoms with van der Waals surface area (Å²) >= 11 is 0. The molecule has 0 aromatic rings. The zero-order chi connectivity index (χ0) is 8.97. The Kier molecular flexibility index (Phi) is 3.49. The highest BCUT2D eigenvalue weighted by Crippen LogP contribution is 2.12. The Bertz CT molecular complexity index is 160. The smallest absolute Gasteiger partial charge is 0.325 e. The van der Waals surface area contributed by atoms with Gasteiger partial charge >= 0.3 is 5.97 Å². The van der Waals surface area contributed by atoms with E-state index in [2.05, 4.69) is 5.48 Å². The summed E-state index contributed by atoms with van der Waals surface area (Å²) in [5.74, 6) is 0.199. The van der Waals surface area contributed by atoms with Crippen molar-refractivity contribution in [1.82, 2.24) is 5.48 Å². The molecule has 0 aliphatic carbocycles. The second-order valence-electron chi connectivity index (χ2n) is 3.07. The van der Waals surface area contributed by atoms with Crippen molar-refractivity contribution < 1.29 is 14.4 Å². The maximum Gasteiger partial charge on any atom is 0.325 e.